The molecule has 0 atom stereocenters. The second-order valence-electron chi connectivity index (χ2n) is 4.12. The molecule has 0 fully saturated rings. The Bertz CT molecular complexity index is 639. The van der Waals surface area contributed by atoms with Crippen molar-refractivity contribution in [1.82, 2.24) is 0 Å². The van der Waals surface area contributed by atoms with E-state index in [1.54, 1.807) is 12.1 Å². The van der Waals surface area contributed by atoms with Crippen LogP contribution in [0.4, 0.5) is 13.2 Å². The molecular weight excluding hydrogens is 293 g/mol. The van der Waals surface area contributed by atoms with Gasteiger partial charge in [-0.25, -0.2) is 0 Å². The normalized spacial score (nSPS) is 11.4. The summed E-state index contributed by atoms with van der Waals surface area (Å²) in [6.07, 6.45) is -4.52. The first-order valence-corrected chi connectivity index (χ1v) is 5.94. The van der Waals surface area contributed by atoms with Crippen molar-refractivity contribution >= 4 is 11.6 Å². The second kappa shape index (κ2) is 5.25. The Hall–Kier alpha value is -1.88. The largest absolute Gasteiger partial charge is 0.508 e. The molecular formula is C14H10ClF3O2. The third-order valence-electron chi connectivity index (χ3n) is 2.73. The molecule has 0 heterocycles. The molecule has 0 aromatic heterocycles. The van der Waals surface area contributed by atoms with Gasteiger partial charge in [0.25, 0.3) is 0 Å². The van der Waals surface area contributed by atoms with Crippen LogP contribution in [0, 0.1) is 0 Å². The molecule has 0 aliphatic carbocycles. The van der Waals surface area contributed by atoms with E-state index in [2.05, 4.69) is 0 Å². The van der Waals surface area contributed by atoms with Gasteiger partial charge < -0.3 is 9.84 Å². The van der Waals surface area contributed by atoms with Gasteiger partial charge in [0.1, 0.15) is 11.5 Å². The maximum atomic E-state index is 12.7. The highest BCUT2D eigenvalue weighted by atomic mass is 35.5. The number of phenolic OH excluding ortho intramolecular Hbond substituents is 1. The number of ether oxygens (including phenoxy) is 1. The highest BCUT2D eigenvalue weighted by Crippen LogP contribution is 2.37. The molecule has 106 valence electrons. The lowest BCUT2D eigenvalue weighted by Gasteiger charge is -2.11. The van der Waals surface area contributed by atoms with Gasteiger partial charge in [-0.1, -0.05) is 17.7 Å². The Labute approximate surface area is 118 Å². The minimum absolute atomic E-state index is 0.224. The Morgan fingerprint density at radius 2 is 1.75 bits per heavy atom. The topological polar surface area (TPSA) is 29.5 Å². The number of benzene rings is 2. The van der Waals surface area contributed by atoms with Gasteiger partial charge >= 0.3 is 6.18 Å². The SMILES string of the molecule is COc1ccc(-c2cc(O)cc(C(F)(F)F)c2)cc1Cl. The fourth-order valence-electron chi connectivity index (χ4n) is 1.79. The third kappa shape index (κ3) is 2.99. The van der Waals surface area contributed by atoms with Gasteiger partial charge in [0.05, 0.1) is 17.7 Å². The van der Waals surface area contributed by atoms with Crippen molar-refractivity contribution in [2.75, 3.05) is 7.11 Å². The Morgan fingerprint density at radius 3 is 2.30 bits per heavy atom. The maximum Gasteiger partial charge on any atom is 0.416 e. The first-order valence-electron chi connectivity index (χ1n) is 5.56. The number of rotatable bonds is 2. The number of alkyl halides is 3. The molecule has 2 nitrogen and oxygen atoms in total. The molecule has 0 spiro atoms. The molecule has 1 N–H and O–H groups in total. The number of phenols is 1. The lowest BCUT2D eigenvalue weighted by molar-refractivity contribution is -0.137. The standard InChI is InChI=1S/C14H10ClF3O2/c1-20-13-3-2-8(6-12(13)15)9-4-10(14(16,17)18)7-11(19)5-9/h2-7,19H,1H3. The van der Waals surface area contributed by atoms with Gasteiger partial charge in [-0.05, 0) is 41.5 Å². The number of hydrogen-bond acceptors (Lipinski definition) is 2. The molecule has 0 aliphatic heterocycles. The van der Waals surface area contributed by atoms with Gasteiger partial charge in [0.2, 0.25) is 0 Å². The molecule has 2 aromatic carbocycles. The highest BCUT2D eigenvalue weighted by molar-refractivity contribution is 6.32. The van der Waals surface area contributed by atoms with Crippen LogP contribution < -0.4 is 4.74 Å². The summed E-state index contributed by atoms with van der Waals surface area (Å²) in [5.74, 6) is -0.0339. The van der Waals surface area contributed by atoms with Crippen LogP contribution in [0.1, 0.15) is 5.56 Å². The van der Waals surface area contributed by atoms with Crippen LogP contribution in [0.5, 0.6) is 11.5 Å². The summed E-state index contributed by atoms with van der Waals surface area (Å²) in [6.45, 7) is 0. The van der Waals surface area contributed by atoms with Crippen molar-refractivity contribution in [3.8, 4) is 22.6 Å². The summed E-state index contributed by atoms with van der Waals surface area (Å²) in [7, 11) is 1.44. The molecule has 0 bridgehead atoms. The third-order valence-corrected chi connectivity index (χ3v) is 3.03. The van der Waals surface area contributed by atoms with Crippen LogP contribution in [-0.4, -0.2) is 12.2 Å². The zero-order valence-electron chi connectivity index (χ0n) is 10.3. The Balaban J connectivity index is 2.53. The van der Waals surface area contributed by atoms with Crippen molar-refractivity contribution in [2.45, 2.75) is 6.18 Å². The quantitative estimate of drug-likeness (QED) is 0.868. The van der Waals surface area contributed by atoms with Crippen LogP contribution in [0.3, 0.4) is 0 Å². The van der Waals surface area contributed by atoms with Crippen LogP contribution in [-0.2, 0) is 6.18 Å². The molecule has 2 aromatic rings. The number of halogens is 4. The lowest BCUT2D eigenvalue weighted by atomic mass is 10.0. The lowest BCUT2D eigenvalue weighted by Crippen LogP contribution is -2.04. The van der Waals surface area contributed by atoms with E-state index in [-0.39, 0.29) is 10.6 Å². The summed E-state index contributed by atoms with van der Waals surface area (Å²) < 4.78 is 43.1. The van der Waals surface area contributed by atoms with E-state index >= 15 is 0 Å². The van der Waals surface area contributed by atoms with Gasteiger partial charge in [-0.3, -0.25) is 0 Å². The minimum atomic E-state index is -4.52. The average molecular weight is 303 g/mol. The van der Waals surface area contributed by atoms with E-state index in [1.807, 2.05) is 0 Å². The molecule has 20 heavy (non-hydrogen) atoms. The Morgan fingerprint density at radius 1 is 1.05 bits per heavy atom. The van der Waals surface area contributed by atoms with Crippen molar-refractivity contribution in [3.63, 3.8) is 0 Å². The molecule has 0 saturated heterocycles. The van der Waals surface area contributed by atoms with E-state index < -0.39 is 17.5 Å². The molecule has 0 unspecified atom stereocenters. The molecule has 0 aliphatic rings. The Kier molecular flexibility index (Phi) is 3.81. The van der Waals surface area contributed by atoms with Crippen molar-refractivity contribution < 1.29 is 23.0 Å². The van der Waals surface area contributed by atoms with Gasteiger partial charge in [-0.15, -0.1) is 0 Å². The van der Waals surface area contributed by atoms with Crippen molar-refractivity contribution in [2.24, 2.45) is 0 Å². The van der Waals surface area contributed by atoms with E-state index in [1.165, 1.54) is 19.2 Å². The molecule has 6 heteroatoms. The molecule has 0 radical (unpaired) electrons. The first-order chi connectivity index (χ1) is 9.31. The predicted molar refractivity (Wildman–Crippen MR) is 70.1 cm³/mol. The molecule has 2 rings (SSSR count). The molecule has 0 saturated carbocycles. The zero-order valence-corrected chi connectivity index (χ0v) is 11.1. The van der Waals surface area contributed by atoms with E-state index in [0.717, 1.165) is 6.07 Å². The summed E-state index contributed by atoms with van der Waals surface area (Å²) in [6, 6.07) is 7.48. The fourth-order valence-corrected chi connectivity index (χ4v) is 2.05. The monoisotopic (exact) mass is 302 g/mol. The first kappa shape index (κ1) is 14.5. The van der Waals surface area contributed by atoms with Crippen LogP contribution in [0.15, 0.2) is 36.4 Å². The maximum absolute atomic E-state index is 12.7. The van der Waals surface area contributed by atoms with Crippen LogP contribution >= 0.6 is 11.6 Å². The van der Waals surface area contributed by atoms with E-state index in [9.17, 15) is 18.3 Å². The van der Waals surface area contributed by atoms with Crippen LogP contribution in [0.25, 0.3) is 11.1 Å². The minimum Gasteiger partial charge on any atom is -0.508 e. The van der Waals surface area contributed by atoms with Crippen molar-refractivity contribution in [1.29, 1.82) is 0 Å². The number of aromatic hydroxyl groups is 1. The zero-order chi connectivity index (χ0) is 14.9. The average Bonchev–Trinajstić information content (AvgIpc) is 2.37. The van der Waals surface area contributed by atoms with Crippen molar-refractivity contribution in [3.05, 3.63) is 47.0 Å². The fraction of sp³-hybridized carbons (Fsp3) is 0.143. The summed E-state index contributed by atoms with van der Waals surface area (Å²) >= 11 is 5.94. The smallest absolute Gasteiger partial charge is 0.416 e. The summed E-state index contributed by atoms with van der Waals surface area (Å²) in [5.41, 5.74) is -0.237. The van der Waals surface area contributed by atoms with Gasteiger partial charge in [0.15, 0.2) is 0 Å². The van der Waals surface area contributed by atoms with E-state index in [4.69, 9.17) is 16.3 Å². The van der Waals surface area contributed by atoms with Gasteiger partial charge in [-0.2, -0.15) is 13.2 Å². The summed E-state index contributed by atoms with van der Waals surface area (Å²) in [4.78, 5) is 0. The summed E-state index contributed by atoms with van der Waals surface area (Å²) in [5, 5.41) is 9.71. The van der Waals surface area contributed by atoms with Crippen LogP contribution in [0.2, 0.25) is 5.02 Å². The molecule has 0 amide bonds. The second-order valence-corrected chi connectivity index (χ2v) is 4.52. The number of methoxy groups -OCH3 is 1. The predicted octanol–water partition coefficient (Wildman–Crippen LogP) is 4.74. The number of hydrogen-bond donors (Lipinski definition) is 1. The van der Waals surface area contributed by atoms with Gasteiger partial charge in [0, 0.05) is 0 Å². The van der Waals surface area contributed by atoms with E-state index in [0.29, 0.717) is 17.4 Å². The highest BCUT2D eigenvalue weighted by Gasteiger charge is 2.31.